The van der Waals surface area contributed by atoms with Gasteiger partial charge >= 0.3 is 0 Å². The van der Waals surface area contributed by atoms with Crippen molar-refractivity contribution in [3.8, 4) is 0 Å². The van der Waals surface area contributed by atoms with E-state index in [1.165, 1.54) is 0 Å². The normalized spacial score (nSPS) is 20.5. The molecule has 2 atom stereocenters. The molecule has 1 saturated heterocycles. The lowest BCUT2D eigenvalue weighted by molar-refractivity contribution is 0.156. The van der Waals surface area contributed by atoms with Crippen molar-refractivity contribution in [2.75, 3.05) is 31.7 Å². The molecule has 2 rings (SSSR count). The quantitative estimate of drug-likeness (QED) is 0.839. The molecule has 0 bridgehead atoms. The van der Waals surface area contributed by atoms with Crippen LogP contribution in [0.3, 0.4) is 0 Å². The molecule has 0 unspecified atom stereocenters. The fourth-order valence-electron chi connectivity index (χ4n) is 2.83. The van der Waals surface area contributed by atoms with Crippen LogP contribution in [-0.2, 0) is 11.8 Å². The van der Waals surface area contributed by atoms with E-state index in [0.717, 1.165) is 39.0 Å². The van der Waals surface area contributed by atoms with Gasteiger partial charge in [-0.15, -0.1) is 0 Å². The minimum atomic E-state index is -0.0258. The van der Waals surface area contributed by atoms with E-state index in [4.69, 9.17) is 4.74 Å². The number of piperidine rings is 1. The highest BCUT2D eigenvalue weighted by molar-refractivity contribution is 5.36. The van der Waals surface area contributed by atoms with Crippen molar-refractivity contribution in [1.82, 2.24) is 14.9 Å². The Morgan fingerprint density at radius 1 is 1.57 bits per heavy atom. The van der Waals surface area contributed by atoms with Crippen LogP contribution < -0.4 is 15.8 Å². The number of hydrogen-bond acceptors (Lipinski definition) is 5. The summed E-state index contributed by atoms with van der Waals surface area (Å²) in [5.74, 6) is 0.561. The van der Waals surface area contributed by atoms with Crippen molar-refractivity contribution in [3.05, 3.63) is 22.7 Å². The van der Waals surface area contributed by atoms with Gasteiger partial charge in [0.2, 0.25) is 0 Å². The van der Waals surface area contributed by atoms with E-state index >= 15 is 0 Å². The Balaban J connectivity index is 2.03. The largest absolute Gasteiger partial charge is 0.383 e. The van der Waals surface area contributed by atoms with Crippen molar-refractivity contribution in [1.29, 1.82) is 0 Å². The van der Waals surface area contributed by atoms with Crippen LogP contribution >= 0.6 is 0 Å². The van der Waals surface area contributed by atoms with Crippen LogP contribution in [-0.4, -0.2) is 48.4 Å². The number of rotatable bonds is 6. The highest BCUT2D eigenvalue weighted by Crippen LogP contribution is 2.15. The minimum Gasteiger partial charge on any atom is -0.383 e. The summed E-state index contributed by atoms with van der Waals surface area (Å²) in [5.41, 5.74) is -0.0258. The first-order valence-electron chi connectivity index (χ1n) is 7.67. The zero-order chi connectivity index (χ0) is 15.2. The van der Waals surface area contributed by atoms with Gasteiger partial charge in [0.05, 0.1) is 6.61 Å². The molecule has 1 fully saturated rings. The van der Waals surface area contributed by atoms with Crippen molar-refractivity contribution in [3.63, 3.8) is 0 Å². The summed E-state index contributed by atoms with van der Waals surface area (Å²) in [6, 6.07) is 0.747. The van der Waals surface area contributed by atoms with Crippen molar-refractivity contribution in [2.24, 2.45) is 7.05 Å². The first-order chi connectivity index (χ1) is 10.2. The monoisotopic (exact) mass is 294 g/mol. The third-order valence-corrected chi connectivity index (χ3v) is 4.05. The highest BCUT2D eigenvalue weighted by Gasteiger charge is 2.24. The molecular weight excluding hydrogens is 268 g/mol. The van der Waals surface area contributed by atoms with Crippen LogP contribution in [0.5, 0.6) is 0 Å². The zero-order valence-corrected chi connectivity index (χ0v) is 13.2. The molecule has 0 amide bonds. The Bertz CT molecular complexity index is 503. The van der Waals surface area contributed by atoms with Crippen molar-refractivity contribution >= 4 is 5.82 Å². The molecule has 0 radical (unpaired) electrons. The molecule has 118 valence electrons. The summed E-state index contributed by atoms with van der Waals surface area (Å²) >= 11 is 0. The molecule has 0 aromatic carbocycles. The smallest absolute Gasteiger partial charge is 0.293 e. The summed E-state index contributed by atoms with van der Waals surface area (Å²) in [7, 11) is 3.49. The number of hydrogen-bond donors (Lipinski definition) is 1. The fourth-order valence-corrected chi connectivity index (χ4v) is 2.83. The highest BCUT2D eigenvalue weighted by atomic mass is 16.5. The average Bonchev–Trinajstić information content (AvgIpc) is 2.50. The lowest BCUT2D eigenvalue weighted by Gasteiger charge is -2.35. The Morgan fingerprint density at radius 2 is 2.38 bits per heavy atom. The van der Waals surface area contributed by atoms with Gasteiger partial charge < -0.3 is 19.5 Å². The number of nitrogens with zero attached hydrogens (tertiary/aromatic N) is 3. The van der Waals surface area contributed by atoms with Crippen LogP contribution in [0.4, 0.5) is 5.82 Å². The van der Waals surface area contributed by atoms with E-state index in [1.807, 2.05) is 0 Å². The van der Waals surface area contributed by atoms with Gasteiger partial charge in [-0.05, 0) is 19.3 Å². The lowest BCUT2D eigenvalue weighted by atomic mass is 10.0. The fraction of sp³-hybridized carbons (Fsp3) is 0.733. The third-order valence-electron chi connectivity index (χ3n) is 4.05. The van der Waals surface area contributed by atoms with Crippen LogP contribution in [0.2, 0.25) is 0 Å². The molecule has 2 heterocycles. The number of ether oxygens (including phenoxy) is 1. The molecule has 0 spiro atoms. The van der Waals surface area contributed by atoms with E-state index in [-0.39, 0.29) is 5.56 Å². The summed E-state index contributed by atoms with van der Waals surface area (Å²) in [6.07, 6.45) is 6.62. The van der Waals surface area contributed by atoms with Crippen LogP contribution in [0.15, 0.2) is 17.2 Å². The van der Waals surface area contributed by atoms with E-state index in [9.17, 15) is 4.79 Å². The first kappa shape index (κ1) is 16.0. The van der Waals surface area contributed by atoms with E-state index in [1.54, 1.807) is 31.1 Å². The van der Waals surface area contributed by atoms with Gasteiger partial charge in [-0.2, -0.15) is 0 Å². The minimum absolute atomic E-state index is 0.0258. The number of nitrogens with one attached hydrogen (secondary N) is 1. The Kier molecular flexibility index (Phi) is 5.76. The molecule has 0 aliphatic carbocycles. The summed E-state index contributed by atoms with van der Waals surface area (Å²) in [5, 5.41) is 3.64. The molecule has 6 heteroatoms. The van der Waals surface area contributed by atoms with Crippen molar-refractivity contribution in [2.45, 2.75) is 38.3 Å². The Morgan fingerprint density at radius 3 is 3.10 bits per heavy atom. The van der Waals surface area contributed by atoms with Gasteiger partial charge in [0.1, 0.15) is 0 Å². The molecule has 21 heavy (non-hydrogen) atoms. The van der Waals surface area contributed by atoms with E-state index in [0.29, 0.717) is 17.9 Å². The summed E-state index contributed by atoms with van der Waals surface area (Å²) < 4.78 is 6.82. The van der Waals surface area contributed by atoms with Crippen LogP contribution in [0, 0.1) is 0 Å². The van der Waals surface area contributed by atoms with Crippen LogP contribution in [0.25, 0.3) is 0 Å². The maximum Gasteiger partial charge on any atom is 0.293 e. The predicted molar refractivity (Wildman–Crippen MR) is 83.8 cm³/mol. The molecule has 1 N–H and O–H groups in total. The van der Waals surface area contributed by atoms with Gasteiger partial charge in [0.25, 0.3) is 5.56 Å². The Hall–Kier alpha value is -1.40. The molecule has 1 aromatic rings. The van der Waals surface area contributed by atoms with Crippen LogP contribution in [0.1, 0.15) is 26.2 Å². The molecular formula is C15H26N4O2. The molecule has 1 aliphatic rings. The van der Waals surface area contributed by atoms with E-state index < -0.39 is 0 Å². The topological polar surface area (TPSA) is 59.4 Å². The second-order valence-corrected chi connectivity index (χ2v) is 5.68. The number of anilines is 1. The van der Waals surface area contributed by atoms with Gasteiger partial charge in [-0.3, -0.25) is 4.79 Å². The maximum absolute atomic E-state index is 12.2. The summed E-state index contributed by atoms with van der Waals surface area (Å²) in [6.45, 7) is 4.60. The van der Waals surface area contributed by atoms with Gasteiger partial charge in [-0.1, -0.05) is 6.92 Å². The molecule has 1 aliphatic heterocycles. The SMILES string of the molecule is CC[C@H](COC)N[C@H]1CCCN(c2nccn(C)c2=O)C1. The molecule has 6 nitrogen and oxygen atoms in total. The first-order valence-corrected chi connectivity index (χ1v) is 7.67. The van der Waals surface area contributed by atoms with E-state index in [2.05, 4.69) is 22.1 Å². The van der Waals surface area contributed by atoms with Gasteiger partial charge in [0.15, 0.2) is 5.82 Å². The average molecular weight is 294 g/mol. The standard InChI is InChI=1S/C15H26N4O2/c1-4-12(11-21-3)17-13-6-5-8-19(10-13)14-15(20)18(2)9-7-16-14/h7,9,12-13,17H,4-6,8,10-11H2,1-3H3/t12-,13+/m1/s1. The Labute approximate surface area is 126 Å². The van der Waals surface area contributed by atoms with Gasteiger partial charge in [0, 0.05) is 51.7 Å². The number of aryl methyl sites for hydroxylation is 1. The second kappa shape index (κ2) is 7.56. The predicted octanol–water partition coefficient (Wildman–Crippen LogP) is 0.764. The summed E-state index contributed by atoms with van der Waals surface area (Å²) in [4.78, 5) is 18.5. The number of aromatic nitrogens is 2. The molecule has 1 aromatic heterocycles. The number of methoxy groups -OCH3 is 1. The van der Waals surface area contributed by atoms with Crippen molar-refractivity contribution < 1.29 is 4.74 Å². The second-order valence-electron chi connectivity index (χ2n) is 5.68. The zero-order valence-electron chi connectivity index (χ0n) is 13.2. The maximum atomic E-state index is 12.2. The van der Waals surface area contributed by atoms with Gasteiger partial charge in [-0.25, -0.2) is 4.98 Å². The molecule has 0 saturated carbocycles. The third kappa shape index (κ3) is 4.04. The lowest BCUT2D eigenvalue weighted by Crippen LogP contribution is -2.51.